The van der Waals surface area contributed by atoms with E-state index in [0.717, 1.165) is 6.07 Å². The molecule has 0 heterocycles. The van der Waals surface area contributed by atoms with E-state index in [0.29, 0.717) is 5.69 Å². The summed E-state index contributed by atoms with van der Waals surface area (Å²) < 4.78 is -2.09. The third kappa shape index (κ3) is 6.42. The van der Waals surface area contributed by atoms with Crippen molar-refractivity contribution in [1.82, 2.24) is 10.6 Å². The Bertz CT molecular complexity index is 999. The van der Waals surface area contributed by atoms with Crippen LogP contribution in [0.5, 0.6) is 0 Å². The third-order valence-electron chi connectivity index (χ3n) is 3.59. The fourth-order valence-electron chi connectivity index (χ4n) is 2.26. The summed E-state index contributed by atoms with van der Waals surface area (Å²) in [5.41, 5.74) is -0.313. The van der Waals surface area contributed by atoms with Crippen molar-refractivity contribution in [2.75, 3.05) is 5.32 Å². The van der Waals surface area contributed by atoms with E-state index >= 15 is 0 Å². The number of nitro benzene ring substituents is 1. The average molecular weight is 492 g/mol. The highest BCUT2D eigenvalue weighted by Crippen LogP contribution is 2.30. The molecule has 2 aromatic carbocycles. The molecule has 0 radical (unpaired) electrons. The maximum atomic E-state index is 12.5. The van der Waals surface area contributed by atoms with Gasteiger partial charge < -0.3 is 21.1 Å². The number of hydrogen-bond donors (Lipinski definition) is 4. The summed E-state index contributed by atoms with van der Waals surface area (Å²) in [6.07, 6.45) is -1.38. The fraction of sp³-hybridized carbons (Fsp3) is 0.118. The highest BCUT2D eigenvalue weighted by molar-refractivity contribution is 7.80. The number of nitrogens with zero attached hydrogens (tertiary/aromatic N) is 1. The molecule has 0 fully saturated rings. The molecule has 13 heteroatoms. The molecular weight excluding hydrogens is 479 g/mol. The maximum absolute atomic E-state index is 12.5. The van der Waals surface area contributed by atoms with Crippen molar-refractivity contribution >= 4 is 75.4 Å². The molecule has 2 aromatic rings. The Hall–Kier alpha value is -2.66. The minimum Gasteiger partial charge on any atom is -0.478 e. The zero-order chi connectivity index (χ0) is 22.5. The molecule has 0 spiro atoms. The number of halogens is 3. The molecule has 0 saturated heterocycles. The van der Waals surface area contributed by atoms with Gasteiger partial charge in [-0.1, -0.05) is 53.0 Å². The summed E-state index contributed by atoms with van der Waals surface area (Å²) >= 11 is 22.8. The first kappa shape index (κ1) is 23.6. The highest BCUT2D eigenvalue weighted by atomic mass is 35.6. The lowest BCUT2D eigenvalue weighted by Gasteiger charge is -2.27. The number of aromatic carboxylic acids is 1. The van der Waals surface area contributed by atoms with E-state index in [1.54, 1.807) is 6.07 Å². The molecule has 158 valence electrons. The minimum atomic E-state index is -2.09. The van der Waals surface area contributed by atoms with Gasteiger partial charge >= 0.3 is 5.97 Å². The van der Waals surface area contributed by atoms with Gasteiger partial charge in [-0.15, -0.1) is 0 Å². The molecule has 0 aliphatic carbocycles. The van der Waals surface area contributed by atoms with E-state index in [1.165, 1.54) is 36.4 Å². The van der Waals surface area contributed by atoms with Crippen LogP contribution in [0, 0.1) is 10.1 Å². The summed E-state index contributed by atoms with van der Waals surface area (Å²) in [5.74, 6) is -2.00. The van der Waals surface area contributed by atoms with Crippen molar-refractivity contribution in [1.29, 1.82) is 0 Å². The molecule has 1 atom stereocenters. The Labute approximate surface area is 190 Å². The molecule has 1 amide bonds. The zero-order valence-electron chi connectivity index (χ0n) is 14.8. The van der Waals surface area contributed by atoms with Crippen LogP contribution in [0.15, 0.2) is 48.5 Å². The number of anilines is 1. The Morgan fingerprint density at radius 2 is 1.77 bits per heavy atom. The summed E-state index contributed by atoms with van der Waals surface area (Å²) in [6, 6.07) is 11.0. The summed E-state index contributed by atoms with van der Waals surface area (Å²) in [5, 5.41) is 27.7. The lowest BCUT2D eigenvalue weighted by molar-refractivity contribution is -0.385. The third-order valence-corrected chi connectivity index (χ3v) is 4.47. The van der Waals surface area contributed by atoms with Crippen molar-refractivity contribution in [2.45, 2.75) is 9.96 Å². The van der Waals surface area contributed by atoms with E-state index in [4.69, 9.17) is 52.1 Å². The smallest absolute Gasteiger partial charge is 0.335 e. The van der Waals surface area contributed by atoms with Crippen molar-refractivity contribution in [3.63, 3.8) is 0 Å². The number of hydrogen-bond acceptors (Lipinski definition) is 5. The first-order chi connectivity index (χ1) is 14.0. The number of nitro groups is 1. The van der Waals surface area contributed by atoms with Gasteiger partial charge in [0.2, 0.25) is 3.79 Å². The summed E-state index contributed by atoms with van der Waals surface area (Å²) in [4.78, 5) is 34.0. The van der Waals surface area contributed by atoms with Crippen LogP contribution in [0.1, 0.15) is 20.7 Å². The van der Waals surface area contributed by atoms with Crippen LogP contribution in [0.4, 0.5) is 11.4 Å². The van der Waals surface area contributed by atoms with Gasteiger partial charge in [0.25, 0.3) is 11.6 Å². The number of alkyl halides is 3. The van der Waals surface area contributed by atoms with Crippen molar-refractivity contribution in [3.05, 3.63) is 69.8 Å². The van der Waals surface area contributed by atoms with Gasteiger partial charge in [-0.2, -0.15) is 0 Å². The predicted octanol–water partition coefficient (Wildman–Crippen LogP) is 3.71. The minimum absolute atomic E-state index is 0.0189. The van der Waals surface area contributed by atoms with Gasteiger partial charge in [-0.3, -0.25) is 14.9 Å². The molecule has 0 aromatic heterocycles. The molecule has 0 bridgehead atoms. The van der Waals surface area contributed by atoms with E-state index in [1.807, 2.05) is 0 Å². The van der Waals surface area contributed by atoms with Gasteiger partial charge in [-0.05, 0) is 36.5 Å². The second kappa shape index (κ2) is 9.90. The van der Waals surface area contributed by atoms with Gasteiger partial charge in [-0.25, -0.2) is 4.79 Å². The number of thiocarbonyl (C=S) groups is 1. The number of rotatable bonds is 6. The molecular formula is C17H13Cl3N4O5S. The van der Waals surface area contributed by atoms with Crippen LogP contribution < -0.4 is 16.0 Å². The Morgan fingerprint density at radius 1 is 1.10 bits per heavy atom. The highest BCUT2D eigenvalue weighted by Gasteiger charge is 2.36. The zero-order valence-corrected chi connectivity index (χ0v) is 17.8. The monoisotopic (exact) mass is 490 g/mol. The van der Waals surface area contributed by atoms with E-state index in [9.17, 15) is 19.7 Å². The molecule has 9 nitrogen and oxygen atoms in total. The number of carbonyl (C=O) groups is 2. The first-order valence-corrected chi connectivity index (χ1v) is 9.55. The first-order valence-electron chi connectivity index (χ1n) is 8.01. The number of carboxylic acids is 1. The van der Waals surface area contributed by atoms with Gasteiger partial charge in [0.1, 0.15) is 11.7 Å². The van der Waals surface area contributed by atoms with Gasteiger partial charge in [0.15, 0.2) is 5.11 Å². The number of carbonyl (C=O) groups excluding carboxylic acids is 1. The van der Waals surface area contributed by atoms with Crippen molar-refractivity contribution in [2.24, 2.45) is 0 Å². The number of amides is 1. The summed E-state index contributed by atoms with van der Waals surface area (Å²) in [6.45, 7) is 0. The fourth-order valence-corrected chi connectivity index (χ4v) is 2.82. The number of para-hydroxylation sites is 1. The summed E-state index contributed by atoms with van der Waals surface area (Å²) in [7, 11) is 0. The normalized spacial score (nSPS) is 11.8. The Balaban J connectivity index is 2.16. The second-order valence-corrected chi connectivity index (χ2v) is 8.48. The predicted molar refractivity (Wildman–Crippen MR) is 117 cm³/mol. The van der Waals surface area contributed by atoms with Crippen molar-refractivity contribution in [3.8, 4) is 0 Å². The standard InChI is InChI=1S/C17H13Cl3N4O5S/c18-17(19,20)15(22-13(25)11-6-1-2-7-12(11)24(28)29)23-16(30)21-10-5-3-4-9(8-10)14(26)27/h1-8,15H,(H,22,25)(H,26,27)(H2,21,23,30)/t15-/m1/s1. The Kier molecular flexibility index (Phi) is 7.79. The number of nitrogens with one attached hydrogen (secondary N) is 3. The quantitative estimate of drug-likeness (QED) is 0.158. The maximum Gasteiger partial charge on any atom is 0.335 e. The SMILES string of the molecule is O=C(O)c1cccc(NC(=S)N[C@@H](NC(=O)c2ccccc2[N+](=O)[O-])C(Cl)(Cl)Cl)c1. The van der Waals surface area contributed by atoms with Crippen molar-refractivity contribution < 1.29 is 19.6 Å². The van der Waals surface area contributed by atoms with Gasteiger partial charge in [0, 0.05) is 11.8 Å². The topological polar surface area (TPSA) is 134 Å². The molecule has 0 saturated carbocycles. The van der Waals surface area contributed by atoms with E-state index < -0.39 is 32.4 Å². The van der Waals surface area contributed by atoms with Crippen LogP contribution in [0.2, 0.25) is 0 Å². The second-order valence-electron chi connectivity index (χ2n) is 5.71. The van der Waals surface area contributed by atoms with E-state index in [-0.39, 0.29) is 16.2 Å². The van der Waals surface area contributed by atoms with E-state index in [2.05, 4.69) is 16.0 Å². The van der Waals surface area contributed by atoms with Crippen LogP contribution >= 0.6 is 47.0 Å². The molecule has 30 heavy (non-hydrogen) atoms. The number of benzene rings is 2. The largest absolute Gasteiger partial charge is 0.478 e. The molecule has 0 unspecified atom stereocenters. The molecule has 0 aliphatic heterocycles. The molecule has 2 rings (SSSR count). The number of carboxylic acid groups (broad SMARTS) is 1. The van der Waals surface area contributed by atoms with Crippen LogP contribution in [0.25, 0.3) is 0 Å². The lowest BCUT2D eigenvalue weighted by atomic mass is 10.1. The van der Waals surface area contributed by atoms with Crippen LogP contribution in [-0.4, -0.2) is 37.0 Å². The molecule has 0 aliphatic rings. The van der Waals surface area contributed by atoms with Gasteiger partial charge in [0.05, 0.1) is 10.5 Å². The average Bonchev–Trinajstić information content (AvgIpc) is 2.66. The Morgan fingerprint density at radius 3 is 2.37 bits per heavy atom. The van der Waals surface area contributed by atoms with Crippen LogP contribution in [0.3, 0.4) is 0 Å². The van der Waals surface area contributed by atoms with Crippen LogP contribution in [-0.2, 0) is 0 Å². The lowest BCUT2D eigenvalue weighted by Crippen LogP contribution is -2.56. The molecule has 4 N–H and O–H groups in total.